The number of fused-ring (bicyclic) bond motifs is 1. The molecule has 1 aliphatic heterocycles. The number of sulfonamides is 1. The Balaban J connectivity index is 1.97. The van der Waals surface area contributed by atoms with Gasteiger partial charge in [-0.2, -0.15) is 26.3 Å². The summed E-state index contributed by atoms with van der Waals surface area (Å²) < 4.78 is 105. The van der Waals surface area contributed by atoms with Gasteiger partial charge in [0.05, 0.1) is 4.90 Å². The summed E-state index contributed by atoms with van der Waals surface area (Å²) in [5.41, 5.74) is -6.49. The minimum absolute atomic E-state index is 0.0117. The van der Waals surface area contributed by atoms with Crippen molar-refractivity contribution in [2.75, 3.05) is 12.4 Å². The number of benzene rings is 2. The lowest BCUT2D eigenvalue weighted by Gasteiger charge is -2.32. The zero-order valence-corrected chi connectivity index (χ0v) is 21.1. The quantitative estimate of drug-likeness (QED) is 0.370. The van der Waals surface area contributed by atoms with E-state index >= 15 is 0 Å². The van der Waals surface area contributed by atoms with Crippen molar-refractivity contribution in [3.8, 4) is 0 Å². The molecular formula is C23H23F6N3O6S. The third-order valence-electron chi connectivity index (χ3n) is 6.23. The number of alkyl halides is 6. The Labute approximate surface area is 218 Å². The molecule has 0 saturated carbocycles. The molecule has 3 rings (SSSR count). The van der Waals surface area contributed by atoms with Crippen molar-refractivity contribution in [2.45, 2.75) is 54.9 Å². The third kappa shape index (κ3) is 5.46. The first kappa shape index (κ1) is 30.3. The van der Waals surface area contributed by atoms with E-state index < -0.39 is 57.5 Å². The van der Waals surface area contributed by atoms with Gasteiger partial charge in [0.15, 0.2) is 0 Å². The van der Waals surface area contributed by atoms with E-state index in [0.717, 1.165) is 4.90 Å². The van der Waals surface area contributed by atoms with Crippen molar-refractivity contribution in [2.24, 2.45) is 0 Å². The lowest BCUT2D eigenvalue weighted by Crippen LogP contribution is -2.53. The van der Waals surface area contributed by atoms with Crippen LogP contribution in [0.5, 0.6) is 0 Å². The van der Waals surface area contributed by atoms with Gasteiger partial charge in [-0.3, -0.25) is 9.59 Å². The van der Waals surface area contributed by atoms with Gasteiger partial charge in [0.1, 0.15) is 12.1 Å². The molecular weight excluding hydrogens is 560 g/mol. The number of aliphatic hydroxyl groups excluding tert-OH is 1. The van der Waals surface area contributed by atoms with Crippen molar-refractivity contribution >= 4 is 27.5 Å². The Morgan fingerprint density at radius 2 is 1.62 bits per heavy atom. The molecule has 39 heavy (non-hydrogen) atoms. The predicted molar refractivity (Wildman–Crippen MR) is 123 cm³/mol. The molecule has 2 atom stereocenters. The summed E-state index contributed by atoms with van der Waals surface area (Å²) in [6.45, 7) is 1.24. The summed E-state index contributed by atoms with van der Waals surface area (Å²) in [4.78, 5) is 26.8. The fourth-order valence-electron chi connectivity index (χ4n) is 4.06. The largest absolute Gasteiger partial charge is 0.430 e. The van der Waals surface area contributed by atoms with Crippen LogP contribution in [-0.4, -0.2) is 60.8 Å². The van der Waals surface area contributed by atoms with Gasteiger partial charge < -0.3 is 20.4 Å². The molecule has 0 aliphatic carbocycles. The van der Waals surface area contributed by atoms with Gasteiger partial charge in [-0.1, -0.05) is 25.1 Å². The summed E-state index contributed by atoms with van der Waals surface area (Å²) in [5, 5.41) is 21.9. The normalized spacial score (nSPS) is 17.1. The number of nitrogens with zero attached hydrogens (tertiary/aromatic N) is 1. The molecule has 9 nitrogen and oxygen atoms in total. The summed E-state index contributed by atoms with van der Waals surface area (Å²) in [6, 6.07) is 4.39. The van der Waals surface area contributed by atoms with E-state index in [1.165, 1.54) is 32.2 Å². The van der Waals surface area contributed by atoms with Crippen LogP contribution >= 0.6 is 0 Å². The van der Waals surface area contributed by atoms with Crippen molar-refractivity contribution < 1.29 is 54.6 Å². The minimum atomic E-state index is -6.09. The molecule has 2 amide bonds. The lowest BCUT2D eigenvalue weighted by molar-refractivity contribution is -0.376. The van der Waals surface area contributed by atoms with Crippen molar-refractivity contribution in [1.82, 2.24) is 9.62 Å². The average Bonchev–Trinajstić information content (AvgIpc) is 3.25. The minimum Gasteiger partial charge on any atom is -0.383 e. The number of amides is 2. The maximum Gasteiger partial charge on any atom is 0.430 e. The van der Waals surface area contributed by atoms with Crippen LogP contribution < -0.4 is 10.0 Å². The number of carbonyl (C=O) groups excluding carboxylic acids is 2. The van der Waals surface area contributed by atoms with E-state index in [4.69, 9.17) is 0 Å². The highest BCUT2D eigenvalue weighted by molar-refractivity contribution is 7.89. The second-order valence-corrected chi connectivity index (χ2v) is 10.5. The molecule has 0 radical (unpaired) electrons. The van der Waals surface area contributed by atoms with Crippen LogP contribution in [0.15, 0.2) is 47.4 Å². The van der Waals surface area contributed by atoms with Crippen LogP contribution in [0.4, 0.5) is 32.0 Å². The molecule has 0 saturated heterocycles. The summed E-state index contributed by atoms with van der Waals surface area (Å²) in [6.07, 6.45) is -13.7. The van der Waals surface area contributed by atoms with E-state index in [2.05, 4.69) is 10.0 Å². The Kier molecular flexibility index (Phi) is 8.09. The first-order chi connectivity index (χ1) is 17.9. The first-order valence-corrected chi connectivity index (χ1v) is 12.7. The number of halogens is 6. The molecule has 0 fully saturated rings. The van der Waals surface area contributed by atoms with Crippen LogP contribution in [0.3, 0.4) is 0 Å². The molecule has 1 aliphatic rings. The number of aliphatic hydroxyl groups is 2. The van der Waals surface area contributed by atoms with E-state index in [0.29, 0.717) is 24.3 Å². The molecule has 0 aromatic heterocycles. The summed E-state index contributed by atoms with van der Waals surface area (Å²) in [5.74, 6) is -1.80. The number of rotatable bonds is 7. The fraction of sp³-hybridized carbons (Fsp3) is 0.391. The molecule has 0 spiro atoms. The molecule has 2 aromatic rings. The van der Waals surface area contributed by atoms with E-state index in [9.17, 15) is 54.6 Å². The number of nitrogens with one attached hydrogen (secondary N) is 2. The second-order valence-electron chi connectivity index (χ2n) is 8.63. The van der Waals surface area contributed by atoms with Gasteiger partial charge in [-0.05, 0) is 48.9 Å². The molecule has 2 aromatic carbocycles. The van der Waals surface area contributed by atoms with E-state index in [1.807, 2.05) is 0 Å². The second kappa shape index (κ2) is 10.4. The van der Waals surface area contributed by atoms with Gasteiger partial charge >= 0.3 is 12.4 Å². The van der Waals surface area contributed by atoms with Crippen LogP contribution in [-0.2, 0) is 31.8 Å². The van der Waals surface area contributed by atoms with Gasteiger partial charge in [0.25, 0.3) is 17.4 Å². The highest BCUT2D eigenvalue weighted by atomic mass is 32.2. The monoisotopic (exact) mass is 583 g/mol. The molecule has 1 unspecified atom stereocenters. The van der Waals surface area contributed by atoms with Crippen molar-refractivity contribution in [3.63, 3.8) is 0 Å². The highest BCUT2D eigenvalue weighted by Crippen LogP contribution is 2.50. The number of hydrogen-bond donors (Lipinski definition) is 4. The van der Waals surface area contributed by atoms with Gasteiger partial charge in [-0.15, -0.1) is 0 Å². The number of carbonyl (C=O) groups is 2. The van der Waals surface area contributed by atoms with E-state index in [-0.39, 0.29) is 34.7 Å². The van der Waals surface area contributed by atoms with Crippen molar-refractivity contribution in [1.29, 1.82) is 0 Å². The SMILES string of the molecule is CCC(O)C(=O)N1Cc2cc(S(=O)(=O)NC)ccc2[C@H]1C(=O)Nc1ccc(C(O)(C(F)(F)F)C(F)(F)F)cc1. The molecule has 16 heteroatoms. The first-order valence-electron chi connectivity index (χ1n) is 11.2. The van der Waals surface area contributed by atoms with Crippen LogP contribution in [0.25, 0.3) is 0 Å². The van der Waals surface area contributed by atoms with Crippen LogP contribution in [0.1, 0.15) is 36.1 Å². The molecule has 4 N–H and O–H groups in total. The highest BCUT2D eigenvalue weighted by Gasteiger charge is 2.71. The Bertz CT molecular complexity index is 1350. The third-order valence-corrected chi connectivity index (χ3v) is 7.65. The Hall–Kier alpha value is -3.21. The number of anilines is 1. The van der Waals surface area contributed by atoms with Crippen molar-refractivity contribution in [3.05, 3.63) is 59.2 Å². The Morgan fingerprint density at radius 3 is 2.10 bits per heavy atom. The van der Waals surface area contributed by atoms with E-state index in [1.54, 1.807) is 0 Å². The molecule has 214 valence electrons. The Morgan fingerprint density at radius 1 is 1.05 bits per heavy atom. The number of hydrogen-bond acceptors (Lipinski definition) is 6. The summed E-state index contributed by atoms with van der Waals surface area (Å²) in [7, 11) is -2.70. The van der Waals surface area contributed by atoms with Gasteiger partial charge in [0, 0.05) is 17.8 Å². The standard InChI is InChI=1S/C23H23F6N3O6S/c1-3-17(33)20(35)32-11-12-10-15(39(37,38)30-2)8-9-16(12)18(32)19(34)31-14-6-4-13(5-7-14)21(36,22(24,25)26)23(27,28)29/h4-10,17-18,30,33,36H,3,11H2,1-2H3,(H,31,34)/t17?,18-/m0/s1. The van der Waals surface area contributed by atoms with Gasteiger partial charge in [0.2, 0.25) is 10.0 Å². The van der Waals surface area contributed by atoms with Gasteiger partial charge in [-0.25, -0.2) is 13.1 Å². The fourth-order valence-corrected chi connectivity index (χ4v) is 4.84. The smallest absolute Gasteiger partial charge is 0.383 e. The summed E-state index contributed by atoms with van der Waals surface area (Å²) >= 11 is 0. The van der Waals surface area contributed by atoms with Crippen LogP contribution in [0.2, 0.25) is 0 Å². The lowest BCUT2D eigenvalue weighted by atomic mass is 9.92. The maximum atomic E-state index is 13.2. The maximum absolute atomic E-state index is 13.2. The molecule has 1 heterocycles. The molecule has 0 bridgehead atoms. The topological polar surface area (TPSA) is 136 Å². The predicted octanol–water partition coefficient (Wildman–Crippen LogP) is 2.70. The zero-order chi connectivity index (χ0) is 29.6. The average molecular weight is 584 g/mol. The zero-order valence-electron chi connectivity index (χ0n) is 20.3. The van der Waals surface area contributed by atoms with Crippen LogP contribution in [0, 0.1) is 0 Å².